The molecular weight excluding hydrogens is 244 g/mol. The van der Waals surface area contributed by atoms with E-state index in [0.717, 1.165) is 34.3 Å². The van der Waals surface area contributed by atoms with Gasteiger partial charge in [-0.3, -0.25) is 4.79 Å². The molecule has 98 valence electrons. The van der Waals surface area contributed by atoms with Crippen LogP contribution in [0.2, 0.25) is 0 Å². The van der Waals surface area contributed by atoms with Crippen LogP contribution in [0.25, 0.3) is 10.9 Å². The maximum atomic E-state index is 11.4. The molecule has 19 heavy (non-hydrogen) atoms. The number of carbonyl (C=O) groups is 2. The highest BCUT2D eigenvalue weighted by atomic mass is 16.4. The molecule has 0 fully saturated rings. The highest BCUT2D eigenvalue weighted by molar-refractivity contribution is 5.94. The Labute approximate surface area is 109 Å². The van der Waals surface area contributed by atoms with Crippen molar-refractivity contribution in [3.63, 3.8) is 0 Å². The smallest absolute Gasteiger partial charge is 0.328 e. The number of hydrogen-bond donors (Lipinski definition) is 3. The summed E-state index contributed by atoms with van der Waals surface area (Å²) in [4.78, 5) is 24.9. The molecule has 0 aliphatic heterocycles. The van der Waals surface area contributed by atoms with Crippen molar-refractivity contribution in [2.45, 2.75) is 13.5 Å². The second-order valence-corrected chi connectivity index (χ2v) is 4.16. The Balaban J connectivity index is 2.12. The minimum absolute atomic E-state index is 0.360. The summed E-state index contributed by atoms with van der Waals surface area (Å²) in [5.41, 5.74) is 3.02. The first-order valence-electron chi connectivity index (χ1n) is 5.83. The number of carbonyl (C=O) groups excluding carboxylic acids is 1. The Morgan fingerprint density at radius 2 is 2.05 bits per heavy atom. The molecule has 2 aromatic rings. The summed E-state index contributed by atoms with van der Waals surface area (Å²) in [6, 6.07) is 7.83. The van der Waals surface area contributed by atoms with E-state index in [1.165, 1.54) is 0 Å². The molecule has 0 atom stereocenters. The lowest BCUT2D eigenvalue weighted by molar-refractivity contribution is -0.131. The van der Waals surface area contributed by atoms with Gasteiger partial charge >= 0.3 is 5.97 Å². The van der Waals surface area contributed by atoms with E-state index in [1.54, 1.807) is 0 Å². The molecule has 0 aliphatic rings. The number of rotatable bonds is 4. The normalized spacial score (nSPS) is 11.0. The van der Waals surface area contributed by atoms with Gasteiger partial charge in [0.15, 0.2) is 0 Å². The summed E-state index contributed by atoms with van der Waals surface area (Å²) in [5, 5.41) is 12.2. The van der Waals surface area contributed by atoms with Crippen LogP contribution in [-0.2, 0) is 16.1 Å². The van der Waals surface area contributed by atoms with Crippen molar-refractivity contribution in [3.8, 4) is 0 Å². The number of amides is 1. The molecule has 0 unspecified atom stereocenters. The topological polar surface area (TPSA) is 82.2 Å². The van der Waals surface area contributed by atoms with Gasteiger partial charge in [0.25, 0.3) is 0 Å². The Bertz CT molecular complexity index is 656. The minimum Gasteiger partial charge on any atom is -0.478 e. The predicted molar refractivity (Wildman–Crippen MR) is 71.7 cm³/mol. The molecule has 0 bridgehead atoms. The van der Waals surface area contributed by atoms with E-state index in [-0.39, 0.29) is 0 Å². The van der Waals surface area contributed by atoms with E-state index >= 15 is 0 Å². The van der Waals surface area contributed by atoms with Crippen LogP contribution in [0.15, 0.2) is 36.4 Å². The number of aromatic nitrogens is 1. The highest BCUT2D eigenvalue weighted by Gasteiger charge is 2.08. The number of aryl methyl sites for hydroxylation is 1. The average Bonchev–Trinajstić information content (AvgIpc) is 2.69. The molecule has 5 nitrogen and oxygen atoms in total. The van der Waals surface area contributed by atoms with Gasteiger partial charge in [0, 0.05) is 35.3 Å². The van der Waals surface area contributed by atoms with Gasteiger partial charge in [-0.15, -0.1) is 0 Å². The highest BCUT2D eigenvalue weighted by Crippen LogP contribution is 2.21. The third-order valence-corrected chi connectivity index (χ3v) is 2.84. The zero-order chi connectivity index (χ0) is 13.8. The number of aromatic amines is 1. The summed E-state index contributed by atoms with van der Waals surface area (Å²) in [7, 11) is 0. The van der Waals surface area contributed by atoms with Gasteiger partial charge in [-0.1, -0.05) is 18.2 Å². The van der Waals surface area contributed by atoms with Crippen LogP contribution in [0.5, 0.6) is 0 Å². The van der Waals surface area contributed by atoms with Gasteiger partial charge in [-0.2, -0.15) is 0 Å². The van der Waals surface area contributed by atoms with Crippen molar-refractivity contribution in [1.82, 2.24) is 10.3 Å². The molecular formula is C14H14N2O3. The molecule has 1 aromatic heterocycles. The minimum atomic E-state index is -1.14. The van der Waals surface area contributed by atoms with Crippen LogP contribution in [0, 0.1) is 6.92 Å². The number of hydrogen-bond acceptors (Lipinski definition) is 2. The third-order valence-electron chi connectivity index (χ3n) is 2.84. The Morgan fingerprint density at radius 1 is 1.32 bits per heavy atom. The molecule has 0 aliphatic carbocycles. The summed E-state index contributed by atoms with van der Waals surface area (Å²) in [5.74, 6) is -1.56. The summed E-state index contributed by atoms with van der Waals surface area (Å²) in [6.45, 7) is 2.30. The molecule has 5 heteroatoms. The Morgan fingerprint density at radius 3 is 2.79 bits per heavy atom. The van der Waals surface area contributed by atoms with Gasteiger partial charge < -0.3 is 15.4 Å². The quantitative estimate of drug-likeness (QED) is 0.730. The number of nitrogens with one attached hydrogen (secondary N) is 2. The fourth-order valence-corrected chi connectivity index (χ4v) is 1.94. The largest absolute Gasteiger partial charge is 0.478 e. The van der Waals surface area contributed by atoms with Crippen LogP contribution in [0.4, 0.5) is 0 Å². The van der Waals surface area contributed by atoms with Crippen molar-refractivity contribution in [1.29, 1.82) is 0 Å². The molecule has 2 rings (SSSR count). The maximum Gasteiger partial charge on any atom is 0.328 e. The number of fused-ring (bicyclic) bond motifs is 1. The first-order chi connectivity index (χ1) is 9.08. The zero-order valence-electron chi connectivity index (χ0n) is 10.4. The second-order valence-electron chi connectivity index (χ2n) is 4.16. The lowest BCUT2D eigenvalue weighted by Gasteiger charge is -2.02. The molecule has 1 heterocycles. The Hall–Kier alpha value is -2.56. The lowest BCUT2D eigenvalue weighted by atomic mass is 10.1. The third kappa shape index (κ3) is 3.01. The average molecular weight is 258 g/mol. The van der Waals surface area contributed by atoms with E-state index in [9.17, 15) is 9.59 Å². The monoisotopic (exact) mass is 258 g/mol. The molecule has 0 spiro atoms. The number of carboxylic acids is 1. The molecule has 0 saturated carbocycles. The van der Waals surface area contributed by atoms with Crippen molar-refractivity contribution < 1.29 is 14.7 Å². The molecule has 0 radical (unpaired) electrons. The predicted octanol–water partition coefficient (Wildman–Crippen LogP) is 1.73. The summed E-state index contributed by atoms with van der Waals surface area (Å²) < 4.78 is 0. The van der Waals surface area contributed by atoms with Crippen LogP contribution < -0.4 is 5.32 Å². The van der Waals surface area contributed by atoms with Gasteiger partial charge in [0.1, 0.15) is 0 Å². The van der Waals surface area contributed by atoms with E-state index in [1.807, 2.05) is 31.2 Å². The molecule has 0 saturated heterocycles. The van der Waals surface area contributed by atoms with Gasteiger partial charge in [-0.05, 0) is 18.6 Å². The zero-order valence-corrected chi connectivity index (χ0v) is 10.4. The first kappa shape index (κ1) is 12.9. The van der Waals surface area contributed by atoms with Crippen molar-refractivity contribution in [3.05, 3.63) is 47.7 Å². The number of benzene rings is 1. The standard InChI is InChI=1S/C14H14N2O3/c1-9-11(8-15-13(17)6-7-14(18)19)10-4-2-3-5-12(10)16-9/h2-7,16H,8H2,1H3,(H,15,17)(H,18,19)/b7-6+. The van der Waals surface area contributed by atoms with Crippen molar-refractivity contribution >= 4 is 22.8 Å². The number of carboxylic acid groups (broad SMARTS) is 1. The molecule has 1 aromatic carbocycles. The van der Waals surface area contributed by atoms with Crippen molar-refractivity contribution in [2.75, 3.05) is 0 Å². The van der Waals surface area contributed by atoms with Crippen LogP contribution in [0.3, 0.4) is 0 Å². The van der Waals surface area contributed by atoms with Gasteiger partial charge in [0.2, 0.25) is 5.91 Å². The maximum absolute atomic E-state index is 11.4. The van der Waals surface area contributed by atoms with Crippen LogP contribution in [0.1, 0.15) is 11.3 Å². The van der Waals surface area contributed by atoms with E-state index in [4.69, 9.17) is 5.11 Å². The van der Waals surface area contributed by atoms with E-state index < -0.39 is 11.9 Å². The lowest BCUT2D eigenvalue weighted by Crippen LogP contribution is -2.20. The van der Waals surface area contributed by atoms with Crippen LogP contribution >= 0.6 is 0 Å². The fraction of sp³-hybridized carbons (Fsp3) is 0.143. The SMILES string of the molecule is Cc1[nH]c2ccccc2c1CNC(=O)/C=C/C(=O)O. The fourth-order valence-electron chi connectivity index (χ4n) is 1.94. The second kappa shape index (κ2) is 5.39. The molecule has 1 amide bonds. The summed E-state index contributed by atoms with van der Waals surface area (Å²) in [6.07, 6.45) is 1.82. The van der Waals surface area contributed by atoms with Gasteiger partial charge in [-0.25, -0.2) is 4.79 Å². The number of H-pyrrole nitrogens is 1. The van der Waals surface area contributed by atoms with Gasteiger partial charge in [0.05, 0.1) is 0 Å². The first-order valence-corrected chi connectivity index (χ1v) is 5.83. The number of aliphatic carboxylic acids is 1. The summed E-state index contributed by atoms with van der Waals surface area (Å²) >= 11 is 0. The van der Waals surface area contributed by atoms with Crippen LogP contribution in [-0.4, -0.2) is 22.0 Å². The number of para-hydroxylation sites is 1. The van der Waals surface area contributed by atoms with E-state index in [2.05, 4.69) is 10.3 Å². The molecule has 3 N–H and O–H groups in total. The Kier molecular flexibility index (Phi) is 3.66. The van der Waals surface area contributed by atoms with Crippen molar-refractivity contribution in [2.24, 2.45) is 0 Å². The van der Waals surface area contributed by atoms with E-state index in [0.29, 0.717) is 6.54 Å².